The van der Waals surface area contributed by atoms with E-state index in [4.69, 9.17) is 9.15 Å². The molecule has 8 nitrogen and oxygen atoms in total. The number of nitrogens with one attached hydrogen (secondary N) is 1. The molecule has 4 aromatic rings. The third-order valence-electron chi connectivity index (χ3n) is 5.65. The number of nitrogens with zero attached hydrogens (tertiary/aromatic N) is 4. The number of aryl methyl sites for hydroxylation is 2. The highest BCUT2D eigenvalue weighted by Gasteiger charge is 2.15. The van der Waals surface area contributed by atoms with Crippen LogP contribution in [-0.4, -0.2) is 25.9 Å². The first-order valence-corrected chi connectivity index (χ1v) is 11.8. The predicted octanol–water partition coefficient (Wildman–Crippen LogP) is 5.42. The third-order valence-corrected chi connectivity index (χ3v) is 5.65. The minimum atomic E-state index is -0.323. The minimum Gasteiger partial charge on any atom is -0.484 e. The summed E-state index contributed by atoms with van der Waals surface area (Å²) in [6, 6.07) is 15.8. The summed E-state index contributed by atoms with van der Waals surface area (Å²) >= 11 is 0. The van der Waals surface area contributed by atoms with Gasteiger partial charge in [-0.1, -0.05) is 50.3 Å². The Hall–Kier alpha value is -3.94. The van der Waals surface area contributed by atoms with E-state index in [1.54, 1.807) is 6.20 Å². The standard InChI is InChI=1S/C27H31N5O3/c1-27(2,3)21-9-11-22(12-10-21)29-26(33)24-18-35-25(30-24)19-34-23-13-7-20(8-14-23)6-4-5-16-32-17-15-28-31-32/h7-15,17-18H,4-6,16,19H2,1-3H3,(H,29,33). The minimum absolute atomic E-state index is 0.0585. The molecule has 0 aliphatic carbocycles. The van der Waals surface area contributed by atoms with E-state index < -0.39 is 0 Å². The molecule has 2 heterocycles. The van der Waals surface area contributed by atoms with Crippen molar-refractivity contribution in [2.75, 3.05) is 5.32 Å². The normalized spacial score (nSPS) is 11.4. The largest absolute Gasteiger partial charge is 0.484 e. The summed E-state index contributed by atoms with van der Waals surface area (Å²) in [6.45, 7) is 7.47. The summed E-state index contributed by atoms with van der Waals surface area (Å²) in [5, 5.41) is 10.6. The molecule has 35 heavy (non-hydrogen) atoms. The van der Waals surface area contributed by atoms with Gasteiger partial charge in [0.2, 0.25) is 5.89 Å². The molecule has 0 aliphatic rings. The first-order valence-electron chi connectivity index (χ1n) is 11.8. The summed E-state index contributed by atoms with van der Waals surface area (Å²) in [4.78, 5) is 16.8. The highest BCUT2D eigenvalue weighted by Crippen LogP contribution is 2.23. The van der Waals surface area contributed by atoms with Crippen molar-refractivity contribution in [2.45, 2.75) is 58.6 Å². The second-order valence-electron chi connectivity index (χ2n) is 9.46. The van der Waals surface area contributed by atoms with Crippen LogP contribution >= 0.6 is 0 Å². The second kappa shape index (κ2) is 11.0. The summed E-state index contributed by atoms with van der Waals surface area (Å²) in [5.74, 6) is 0.742. The molecular formula is C27H31N5O3. The Balaban J connectivity index is 1.21. The first kappa shape index (κ1) is 24.2. The lowest BCUT2D eigenvalue weighted by atomic mass is 9.87. The van der Waals surface area contributed by atoms with Gasteiger partial charge in [0.05, 0.1) is 6.20 Å². The van der Waals surface area contributed by atoms with Crippen LogP contribution in [-0.2, 0) is 25.0 Å². The van der Waals surface area contributed by atoms with Crippen LogP contribution in [0.25, 0.3) is 0 Å². The zero-order valence-electron chi connectivity index (χ0n) is 20.4. The number of aromatic nitrogens is 4. The first-order chi connectivity index (χ1) is 16.9. The van der Waals surface area contributed by atoms with E-state index in [0.717, 1.165) is 31.6 Å². The van der Waals surface area contributed by atoms with Gasteiger partial charge < -0.3 is 14.5 Å². The number of amides is 1. The van der Waals surface area contributed by atoms with Crippen LogP contribution in [0, 0.1) is 0 Å². The van der Waals surface area contributed by atoms with Gasteiger partial charge in [-0.2, -0.15) is 0 Å². The maximum Gasteiger partial charge on any atom is 0.277 e. The highest BCUT2D eigenvalue weighted by molar-refractivity contribution is 6.02. The van der Waals surface area contributed by atoms with Crippen molar-refractivity contribution in [3.63, 3.8) is 0 Å². The molecule has 0 saturated heterocycles. The van der Waals surface area contributed by atoms with Crippen molar-refractivity contribution in [1.29, 1.82) is 0 Å². The van der Waals surface area contributed by atoms with Crippen molar-refractivity contribution in [3.05, 3.63) is 89.9 Å². The number of carbonyl (C=O) groups excluding carboxylic acids is 1. The number of ether oxygens (including phenoxy) is 1. The zero-order valence-corrected chi connectivity index (χ0v) is 20.4. The number of carbonyl (C=O) groups is 1. The van der Waals surface area contributed by atoms with Gasteiger partial charge in [-0.3, -0.25) is 9.48 Å². The van der Waals surface area contributed by atoms with E-state index in [1.807, 2.05) is 47.3 Å². The van der Waals surface area contributed by atoms with Gasteiger partial charge >= 0.3 is 0 Å². The summed E-state index contributed by atoms with van der Waals surface area (Å²) < 4.78 is 13.0. The molecule has 1 N–H and O–H groups in total. The molecule has 8 heteroatoms. The fourth-order valence-corrected chi connectivity index (χ4v) is 3.58. The number of hydrogen-bond acceptors (Lipinski definition) is 6. The SMILES string of the molecule is CC(C)(C)c1ccc(NC(=O)c2coc(COc3ccc(CCCCn4ccnn4)cc3)n2)cc1. The Morgan fingerprint density at radius 3 is 2.51 bits per heavy atom. The molecular weight excluding hydrogens is 442 g/mol. The Bertz CT molecular complexity index is 1210. The molecule has 2 aromatic heterocycles. The van der Waals surface area contributed by atoms with E-state index in [0.29, 0.717) is 11.6 Å². The fourth-order valence-electron chi connectivity index (χ4n) is 3.58. The number of unbranched alkanes of at least 4 members (excludes halogenated alkanes) is 1. The Morgan fingerprint density at radius 2 is 1.83 bits per heavy atom. The van der Waals surface area contributed by atoms with E-state index >= 15 is 0 Å². The van der Waals surface area contributed by atoms with Gasteiger partial charge in [-0.05, 0) is 60.1 Å². The van der Waals surface area contributed by atoms with Gasteiger partial charge in [-0.15, -0.1) is 5.10 Å². The van der Waals surface area contributed by atoms with Crippen molar-refractivity contribution >= 4 is 11.6 Å². The lowest BCUT2D eigenvalue weighted by Crippen LogP contribution is -2.14. The van der Waals surface area contributed by atoms with E-state index in [9.17, 15) is 4.79 Å². The Morgan fingerprint density at radius 1 is 1.06 bits per heavy atom. The van der Waals surface area contributed by atoms with Crippen LogP contribution in [0.1, 0.15) is 61.1 Å². The van der Waals surface area contributed by atoms with E-state index in [1.165, 1.54) is 17.4 Å². The second-order valence-corrected chi connectivity index (χ2v) is 9.46. The molecule has 0 aliphatic heterocycles. The van der Waals surface area contributed by atoms with Gasteiger partial charge in [0.15, 0.2) is 12.3 Å². The lowest BCUT2D eigenvalue weighted by molar-refractivity contribution is 0.102. The maximum atomic E-state index is 12.5. The van der Waals surface area contributed by atoms with Crippen molar-refractivity contribution in [1.82, 2.24) is 20.0 Å². The highest BCUT2D eigenvalue weighted by atomic mass is 16.5. The Labute approximate surface area is 205 Å². The molecule has 0 saturated carbocycles. The summed E-state index contributed by atoms with van der Waals surface area (Å²) in [6.07, 6.45) is 8.03. The lowest BCUT2D eigenvalue weighted by Gasteiger charge is -2.19. The van der Waals surface area contributed by atoms with Gasteiger partial charge in [0.25, 0.3) is 5.91 Å². The zero-order chi connectivity index (χ0) is 24.7. The van der Waals surface area contributed by atoms with Gasteiger partial charge in [0.1, 0.15) is 12.0 Å². The number of anilines is 1. The van der Waals surface area contributed by atoms with Gasteiger partial charge in [0, 0.05) is 18.4 Å². The van der Waals surface area contributed by atoms with Crippen LogP contribution in [0.3, 0.4) is 0 Å². The van der Waals surface area contributed by atoms with E-state index in [-0.39, 0.29) is 23.6 Å². The fraction of sp³-hybridized carbons (Fsp3) is 0.333. The monoisotopic (exact) mass is 473 g/mol. The van der Waals surface area contributed by atoms with Crippen LogP contribution in [0.4, 0.5) is 5.69 Å². The molecule has 0 spiro atoms. The molecule has 0 bridgehead atoms. The number of rotatable bonds is 10. The summed E-state index contributed by atoms with van der Waals surface area (Å²) in [5.41, 5.74) is 3.43. The molecule has 4 rings (SSSR count). The average molecular weight is 474 g/mol. The van der Waals surface area contributed by atoms with Crippen molar-refractivity contribution in [2.24, 2.45) is 0 Å². The maximum absolute atomic E-state index is 12.5. The molecule has 182 valence electrons. The Kier molecular flexibility index (Phi) is 7.60. The number of hydrogen-bond donors (Lipinski definition) is 1. The van der Waals surface area contributed by atoms with Crippen LogP contribution < -0.4 is 10.1 Å². The van der Waals surface area contributed by atoms with Crippen molar-refractivity contribution < 1.29 is 13.9 Å². The topological polar surface area (TPSA) is 95.1 Å². The van der Waals surface area contributed by atoms with Crippen LogP contribution in [0.5, 0.6) is 5.75 Å². The molecule has 0 radical (unpaired) electrons. The molecule has 2 aromatic carbocycles. The smallest absolute Gasteiger partial charge is 0.277 e. The predicted molar refractivity (Wildman–Crippen MR) is 133 cm³/mol. The van der Waals surface area contributed by atoms with E-state index in [2.05, 4.69) is 53.5 Å². The molecule has 0 unspecified atom stereocenters. The van der Waals surface area contributed by atoms with Crippen molar-refractivity contribution in [3.8, 4) is 5.75 Å². The molecule has 0 atom stereocenters. The quantitative estimate of drug-likeness (QED) is 0.309. The van der Waals surface area contributed by atoms with Gasteiger partial charge in [-0.25, -0.2) is 4.98 Å². The molecule has 1 amide bonds. The third kappa shape index (κ3) is 7.02. The average Bonchev–Trinajstić information content (AvgIpc) is 3.53. The summed E-state index contributed by atoms with van der Waals surface area (Å²) in [7, 11) is 0. The number of oxazole rings is 1. The number of benzene rings is 2. The van der Waals surface area contributed by atoms with Crippen LogP contribution in [0.2, 0.25) is 0 Å². The molecule has 0 fully saturated rings. The van der Waals surface area contributed by atoms with Crippen LogP contribution in [0.15, 0.2) is 71.6 Å².